The number of benzene rings is 2. The predicted octanol–water partition coefficient (Wildman–Crippen LogP) is 2.10. The minimum atomic E-state index is -1.59. The smallest absolute Gasteiger partial charge is 0.336 e. The van der Waals surface area contributed by atoms with Crippen LogP contribution in [0.1, 0.15) is 12.5 Å². The lowest BCUT2D eigenvalue weighted by Crippen LogP contribution is -2.58. The molecule has 0 bridgehead atoms. The first kappa shape index (κ1) is 25.7. The Morgan fingerprint density at radius 2 is 1.55 bits per heavy atom. The predicted molar refractivity (Wildman–Crippen MR) is 135 cm³/mol. The Bertz CT molecular complexity index is 1640. The third-order valence-corrected chi connectivity index (χ3v) is 6.58. The second-order valence-corrected chi connectivity index (χ2v) is 9.07. The third kappa shape index (κ3) is 4.39. The first-order valence-electron chi connectivity index (χ1n) is 11.8. The van der Waals surface area contributed by atoms with E-state index in [2.05, 4.69) is 0 Å². The fraction of sp³-hybridized carbons (Fsp3) is 0.333. The fourth-order valence-corrected chi connectivity index (χ4v) is 4.50. The second kappa shape index (κ2) is 9.76. The van der Waals surface area contributed by atoms with Gasteiger partial charge in [-0.25, -0.2) is 4.79 Å². The van der Waals surface area contributed by atoms with E-state index in [0.29, 0.717) is 22.3 Å². The highest BCUT2D eigenvalue weighted by atomic mass is 16.7. The summed E-state index contributed by atoms with van der Waals surface area (Å²) < 4.78 is 33.7. The number of aryl methyl sites for hydroxylation is 1. The van der Waals surface area contributed by atoms with Gasteiger partial charge >= 0.3 is 5.63 Å². The van der Waals surface area contributed by atoms with Crippen molar-refractivity contribution in [2.75, 3.05) is 14.2 Å². The van der Waals surface area contributed by atoms with E-state index in [1.807, 2.05) is 0 Å². The van der Waals surface area contributed by atoms with Crippen LogP contribution in [0.25, 0.3) is 33.3 Å². The molecule has 0 saturated carbocycles. The Morgan fingerprint density at radius 1 is 0.842 bits per heavy atom. The number of aliphatic hydroxyl groups excluding tert-OH is 3. The Kier molecular flexibility index (Phi) is 6.61. The van der Waals surface area contributed by atoms with E-state index in [4.69, 9.17) is 27.8 Å². The highest BCUT2D eigenvalue weighted by molar-refractivity contribution is 5.95. The summed E-state index contributed by atoms with van der Waals surface area (Å²) in [6.07, 6.45) is -6.68. The maximum absolute atomic E-state index is 13.4. The highest BCUT2D eigenvalue weighted by Crippen LogP contribution is 2.37. The fourth-order valence-electron chi connectivity index (χ4n) is 4.50. The Morgan fingerprint density at radius 3 is 2.26 bits per heavy atom. The van der Waals surface area contributed by atoms with Gasteiger partial charge in [-0.05, 0) is 31.5 Å². The number of hydrogen-bond donors (Lipinski definition) is 3. The zero-order chi connectivity index (χ0) is 27.3. The lowest BCUT2D eigenvalue weighted by atomic mass is 10.00. The molecular weight excluding hydrogens is 500 g/mol. The molecule has 0 aliphatic carbocycles. The van der Waals surface area contributed by atoms with Crippen molar-refractivity contribution < 1.29 is 43.1 Å². The van der Waals surface area contributed by atoms with Crippen molar-refractivity contribution in [2.45, 2.75) is 44.6 Å². The van der Waals surface area contributed by atoms with Crippen molar-refractivity contribution >= 4 is 21.9 Å². The van der Waals surface area contributed by atoms with Gasteiger partial charge in [0, 0.05) is 29.7 Å². The van der Waals surface area contributed by atoms with Crippen molar-refractivity contribution in [3.63, 3.8) is 0 Å². The number of fused-ring (bicyclic) bond motifs is 2. The summed E-state index contributed by atoms with van der Waals surface area (Å²) >= 11 is 0. The van der Waals surface area contributed by atoms with Crippen molar-refractivity contribution in [1.82, 2.24) is 0 Å². The van der Waals surface area contributed by atoms with Gasteiger partial charge in [-0.3, -0.25) is 4.79 Å². The van der Waals surface area contributed by atoms with Crippen LogP contribution in [0.3, 0.4) is 0 Å². The largest absolute Gasteiger partial charge is 0.497 e. The van der Waals surface area contributed by atoms with Gasteiger partial charge in [-0.1, -0.05) is 0 Å². The quantitative estimate of drug-likeness (QED) is 0.327. The van der Waals surface area contributed by atoms with Gasteiger partial charge in [0.05, 0.1) is 25.9 Å². The molecule has 200 valence electrons. The first-order valence-corrected chi connectivity index (χ1v) is 11.8. The van der Waals surface area contributed by atoms with Gasteiger partial charge in [0.2, 0.25) is 6.29 Å². The maximum Gasteiger partial charge on any atom is 0.336 e. The second-order valence-electron chi connectivity index (χ2n) is 9.07. The molecule has 3 heterocycles. The molecule has 0 spiro atoms. The molecule has 2 aromatic carbocycles. The summed E-state index contributed by atoms with van der Waals surface area (Å²) in [5.41, 5.74) is 0.203. The third-order valence-electron chi connectivity index (χ3n) is 6.58. The van der Waals surface area contributed by atoms with Crippen LogP contribution in [0, 0.1) is 6.92 Å². The van der Waals surface area contributed by atoms with Crippen molar-refractivity contribution in [3.05, 3.63) is 62.6 Å². The molecule has 1 fully saturated rings. The van der Waals surface area contributed by atoms with Crippen LogP contribution in [0.4, 0.5) is 0 Å². The van der Waals surface area contributed by atoms with Gasteiger partial charge in [-0.2, -0.15) is 0 Å². The molecule has 5 unspecified atom stereocenters. The number of aliphatic hydroxyl groups is 3. The van der Waals surface area contributed by atoms with Crippen LogP contribution in [0.15, 0.2) is 54.8 Å². The zero-order valence-electron chi connectivity index (χ0n) is 21.0. The normalized spacial score (nSPS) is 23.5. The number of ether oxygens (including phenoxy) is 4. The Labute approximate surface area is 215 Å². The summed E-state index contributed by atoms with van der Waals surface area (Å²) in [5.74, 6) is 0.794. The molecule has 1 saturated heterocycles. The van der Waals surface area contributed by atoms with Gasteiger partial charge < -0.3 is 43.1 Å². The standard InChI is InChI=1S/C27H26O11/c1-11-5-21(29)38-26-15(11)6-13(33-3)7-16(26)18-10-17(28)22-19(36-18)8-14(34-4)9-20(22)37-27-25(32)24(31)23(30)12(2)35-27/h5-10,12,23-25,27,30-32H,1-4H3. The lowest BCUT2D eigenvalue weighted by Gasteiger charge is -2.39. The minimum Gasteiger partial charge on any atom is -0.497 e. The monoisotopic (exact) mass is 526 g/mol. The summed E-state index contributed by atoms with van der Waals surface area (Å²) in [4.78, 5) is 25.6. The molecule has 1 aliphatic heterocycles. The maximum atomic E-state index is 13.4. The van der Waals surface area contributed by atoms with E-state index in [9.17, 15) is 24.9 Å². The van der Waals surface area contributed by atoms with Gasteiger partial charge in [0.15, 0.2) is 5.43 Å². The molecule has 11 heteroatoms. The van der Waals surface area contributed by atoms with Gasteiger partial charge in [0.25, 0.3) is 0 Å². The van der Waals surface area contributed by atoms with E-state index < -0.39 is 41.8 Å². The van der Waals surface area contributed by atoms with Gasteiger partial charge in [-0.15, -0.1) is 0 Å². The van der Waals surface area contributed by atoms with Crippen LogP contribution in [-0.4, -0.2) is 60.2 Å². The van der Waals surface area contributed by atoms with Crippen LogP contribution in [-0.2, 0) is 4.74 Å². The van der Waals surface area contributed by atoms with Crippen LogP contribution < -0.4 is 25.3 Å². The molecular formula is C27H26O11. The van der Waals surface area contributed by atoms with Crippen molar-refractivity contribution in [3.8, 4) is 28.6 Å². The summed E-state index contributed by atoms with van der Waals surface area (Å²) in [6.45, 7) is 3.27. The highest BCUT2D eigenvalue weighted by Gasteiger charge is 2.43. The Balaban J connectivity index is 1.68. The molecule has 3 N–H and O–H groups in total. The van der Waals surface area contributed by atoms with Crippen LogP contribution >= 0.6 is 0 Å². The van der Waals surface area contributed by atoms with E-state index in [0.717, 1.165) is 0 Å². The Hall–Kier alpha value is -3.90. The van der Waals surface area contributed by atoms with Crippen molar-refractivity contribution in [1.29, 1.82) is 0 Å². The summed E-state index contributed by atoms with van der Waals surface area (Å²) in [7, 11) is 2.90. The van der Waals surface area contributed by atoms with E-state index in [1.165, 1.54) is 45.4 Å². The molecule has 5 rings (SSSR count). The molecule has 2 aromatic heterocycles. The summed E-state index contributed by atoms with van der Waals surface area (Å²) in [6, 6.07) is 8.78. The van der Waals surface area contributed by atoms with E-state index in [-0.39, 0.29) is 33.8 Å². The molecule has 5 atom stereocenters. The first-order chi connectivity index (χ1) is 18.1. The molecule has 4 aromatic rings. The molecule has 0 amide bonds. The topological polar surface area (TPSA) is 158 Å². The van der Waals surface area contributed by atoms with Crippen LogP contribution in [0.5, 0.6) is 17.2 Å². The molecule has 38 heavy (non-hydrogen) atoms. The molecule has 0 radical (unpaired) electrons. The minimum absolute atomic E-state index is 0.0171. The van der Waals surface area contributed by atoms with Gasteiger partial charge in [0.1, 0.15) is 57.9 Å². The zero-order valence-corrected chi connectivity index (χ0v) is 21.0. The number of methoxy groups -OCH3 is 2. The number of rotatable bonds is 5. The molecule has 11 nitrogen and oxygen atoms in total. The van der Waals surface area contributed by atoms with Crippen molar-refractivity contribution in [2.24, 2.45) is 0 Å². The van der Waals surface area contributed by atoms with Crippen LogP contribution in [0.2, 0.25) is 0 Å². The van der Waals surface area contributed by atoms with E-state index in [1.54, 1.807) is 19.1 Å². The lowest BCUT2D eigenvalue weighted by molar-refractivity contribution is -0.267. The molecule has 1 aliphatic rings. The number of hydrogen-bond acceptors (Lipinski definition) is 11. The average molecular weight is 526 g/mol. The SMILES string of the molecule is COc1cc(OC2OC(C)C(O)C(O)C2O)c2c(=O)cc(-c3cc(OC)cc4c(C)cc(=O)oc34)oc2c1. The van der Waals surface area contributed by atoms with E-state index >= 15 is 0 Å². The average Bonchev–Trinajstić information content (AvgIpc) is 2.89. The summed E-state index contributed by atoms with van der Waals surface area (Å²) in [5, 5.41) is 31.2.